The summed E-state index contributed by atoms with van der Waals surface area (Å²) in [7, 11) is 4.72. The number of aromatic hydroxyl groups is 1. The first-order valence-corrected chi connectivity index (χ1v) is 8.80. The minimum absolute atomic E-state index is 0.0225. The molecule has 0 aliphatic heterocycles. The van der Waals surface area contributed by atoms with Crippen LogP contribution in [0.2, 0.25) is 0 Å². The minimum atomic E-state index is -0.776. The fourth-order valence-electron chi connectivity index (χ4n) is 1.93. The van der Waals surface area contributed by atoms with Gasteiger partial charge < -0.3 is 28.5 Å². The lowest BCUT2D eigenvalue weighted by molar-refractivity contribution is -0.135. The normalized spacial score (nSPS) is 8.69. The van der Waals surface area contributed by atoms with Crippen LogP contribution in [0, 0.1) is 25.7 Å². The number of phenolic OH excluding ortho intramolecular Hbond substituents is 1. The third-order valence-electron chi connectivity index (χ3n) is 3.47. The van der Waals surface area contributed by atoms with Gasteiger partial charge in [-0.15, -0.1) is 0 Å². The topological polar surface area (TPSA) is 139 Å². The number of carbonyl (C=O) groups is 4. The Hall–Kier alpha value is -4.26. The van der Waals surface area contributed by atoms with E-state index in [9.17, 15) is 24.3 Å². The van der Waals surface area contributed by atoms with E-state index in [2.05, 4.69) is 18.9 Å². The molecule has 0 fully saturated rings. The molecule has 172 valence electrons. The molecule has 0 unspecified atom stereocenters. The van der Waals surface area contributed by atoms with Gasteiger partial charge in [-0.05, 0) is 37.6 Å². The molecule has 0 amide bonds. The number of aryl methyl sites for hydroxylation is 2. The molecule has 0 saturated carbocycles. The summed E-state index contributed by atoms with van der Waals surface area (Å²) in [5, 5.41) is 9.55. The summed E-state index contributed by atoms with van der Waals surface area (Å²) >= 11 is 0. The van der Waals surface area contributed by atoms with Gasteiger partial charge in [0.15, 0.2) is 0 Å². The third kappa shape index (κ3) is 9.49. The van der Waals surface area contributed by atoms with Gasteiger partial charge in [0, 0.05) is 11.8 Å². The molecule has 1 aromatic carbocycles. The minimum Gasteiger partial charge on any atom is -0.507 e. The monoisotopic (exact) mass is 448 g/mol. The molecule has 10 heteroatoms. The van der Waals surface area contributed by atoms with E-state index >= 15 is 0 Å². The molecule has 0 aliphatic carbocycles. The molecule has 0 bridgehead atoms. The first-order chi connectivity index (χ1) is 15.1. The Morgan fingerprint density at radius 2 is 1.28 bits per heavy atom. The summed E-state index contributed by atoms with van der Waals surface area (Å²) in [6.07, 6.45) is 1.66. The van der Waals surface area contributed by atoms with Gasteiger partial charge in [0.25, 0.3) is 0 Å². The van der Waals surface area contributed by atoms with Crippen LogP contribution in [-0.2, 0) is 28.5 Å². The Morgan fingerprint density at radius 3 is 1.62 bits per heavy atom. The molecule has 0 spiro atoms. The van der Waals surface area contributed by atoms with Gasteiger partial charge >= 0.3 is 23.9 Å². The van der Waals surface area contributed by atoms with Gasteiger partial charge in [0.1, 0.15) is 17.1 Å². The maximum Gasteiger partial charge on any atom is 0.384 e. The number of furan rings is 1. The molecule has 2 aromatic rings. The van der Waals surface area contributed by atoms with Crippen molar-refractivity contribution in [2.24, 2.45) is 0 Å². The molecular formula is C22H24O10. The first kappa shape index (κ1) is 27.7. The summed E-state index contributed by atoms with van der Waals surface area (Å²) in [5.41, 5.74) is 0.383. The highest BCUT2D eigenvalue weighted by Crippen LogP contribution is 2.25. The van der Waals surface area contributed by atoms with Crippen LogP contribution in [0.4, 0.5) is 0 Å². The van der Waals surface area contributed by atoms with E-state index in [0.29, 0.717) is 5.56 Å². The molecule has 0 aliphatic rings. The number of hydrogen-bond donors (Lipinski definition) is 1. The standard InChI is InChI=1S/C11H12O5.C6H6O4.C5H6O/c1-6-4-5-7(12)9(11(14)16-3)8(6)10(13)15-2;1-9-5(7)3-4-6(8)10-2;1-5-3-2-4-6-5/h4-5,12H,1-3H3;1-2H3;2-4H,1H3. The SMILES string of the molecule is COC(=O)C#CC(=O)OC.COC(=O)c1c(C)ccc(O)c1C(=O)OC.Cc1ccco1. The largest absolute Gasteiger partial charge is 0.507 e. The Labute approximate surface area is 185 Å². The predicted octanol–water partition coefficient (Wildman–Crippen LogP) is 2.20. The van der Waals surface area contributed by atoms with Crippen LogP contribution in [0.5, 0.6) is 5.75 Å². The van der Waals surface area contributed by atoms with Gasteiger partial charge in [-0.2, -0.15) is 0 Å². The number of methoxy groups -OCH3 is 4. The van der Waals surface area contributed by atoms with E-state index in [1.165, 1.54) is 40.6 Å². The molecule has 1 N–H and O–H groups in total. The predicted molar refractivity (Wildman–Crippen MR) is 111 cm³/mol. The number of phenols is 1. The fraction of sp³-hybridized carbons (Fsp3) is 0.273. The van der Waals surface area contributed by atoms with Crippen molar-refractivity contribution in [1.82, 2.24) is 0 Å². The van der Waals surface area contributed by atoms with Crippen molar-refractivity contribution in [2.75, 3.05) is 28.4 Å². The molecule has 2 rings (SSSR count). The van der Waals surface area contributed by atoms with Crippen molar-refractivity contribution in [3.8, 4) is 17.6 Å². The summed E-state index contributed by atoms with van der Waals surface area (Å²) in [6, 6.07) is 6.64. The van der Waals surface area contributed by atoms with E-state index < -0.39 is 23.9 Å². The Kier molecular flexibility index (Phi) is 12.7. The van der Waals surface area contributed by atoms with Gasteiger partial charge in [-0.1, -0.05) is 6.07 Å². The molecule has 32 heavy (non-hydrogen) atoms. The first-order valence-electron chi connectivity index (χ1n) is 8.80. The van der Waals surface area contributed by atoms with E-state index in [1.807, 2.05) is 30.9 Å². The highest BCUT2D eigenvalue weighted by atomic mass is 16.5. The van der Waals surface area contributed by atoms with Crippen molar-refractivity contribution in [1.29, 1.82) is 0 Å². The quantitative estimate of drug-likeness (QED) is 0.315. The van der Waals surface area contributed by atoms with E-state index in [1.54, 1.807) is 13.2 Å². The van der Waals surface area contributed by atoms with Crippen LogP contribution in [0.1, 0.15) is 32.0 Å². The van der Waals surface area contributed by atoms with Crippen molar-refractivity contribution in [2.45, 2.75) is 13.8 Å². The maximum atomic E-state index is 11.5. The molecule has 0 radical (unpaired) electrons. The number of hydrogen-bond acceptors (Lipinski definition) is 10. The zero-order valence-electron chi connectivity index (χ0n) is 18.5. The average molecular weight is 448 g/mol. The van der Waals surface area contributed by atoms with Crippen molar-refractivity contribution in [3.63, 3.8) is 0 Å². The number of rotatable bonds is 2. The van der Waals surface area contributed by atoms with Crippen LogP contribution in [0.3, 0.4) is 0 Å². The number of ether oxygens (including phenoxy) is 4. The third-order valence-corrected chi connectivity index (χ3v) is 3.47. The van der Waals surface area contributed by atoms with Crippen LogP contribution in [0.15, 0.2) is 34.9 Å². The number of carbonyl (C=O) groups excluding carboxylic acids is 4. The van der Waals surface area contributed by atoms with Crippen LogP contribution < -0.4 is 0 Å². The highest BCUT2D eigenvalue weighted by Gasteiger charge is 2.24. The summed E-state index contributed by atoms with van der Waals surface area (Å²) in [6.45, 7) is 3.55. The zero-order valence-corrected chi connectivity index (χ0v) is 18.5. The number of esters is 4. The van der Waals surface area contributed by atoms with Crippen LogP contribution >= 0.6 is 0 Å². The van der Waals surface area contributed by atoms with Crippen LogP contribution in [0.25, 0.3) is 0 Å². The fourth-order valence-corrected chi connectivity index (χ4v) is 1.93. The Bertz CT molecular complexity index is 917. The maximum absolute atomic E-state index is 11.5. The smallest absolute Gasteiger partial charge is 0.384 e. The second kappa shape index (κ2) is 14.7. The second-order valence-corrected chi connectivity index (χ2v) is 5.59. The molecular weight excluding hydrogens is 424 g/mol. The molecule has 0 saturated heterocycles. The molecule has 1 aromatic heterocycles. The highest BCUT2D eigenvalue weighted by molar-refractivity contribution is 6.06. The lowest BCUT2D eigenvalue weighted by Crippen LogP contribution is -2.13. The van der Waals surface area contributed by atoms with Gasteiger partial charge in [0.2, 0.25) is 0 Å². The number of benzene rings is 1. The van der Waals surface area contributed by atoms with Crippen LogP contribution in [-0.4, -0.2) is 57.4 Å². The van der Waals surface area contributed by atoms with E-state index in [4.69, 9.17) is 4.42 Å². The van der Waals surface area contributed by atoms with Gasteiger partial charge in [0.05, 0.1) is 40.3 Å². The Morgan fingerprint density at radius 1 is 0.781 bits per heavy atom. The molecule has 0 atom stereocenters. The Balaban J connectivity index is 0.000000508. The summed E-state index contributed by atoms with van der Waals surface area (Å²) < 4.78 is 22.1. The molecule has 1 heterocycles. The second-order valence-electron chi connectivity index (χ2n) is 5.59. The zero-order chi connectivity index (χ0) is 24.7. The van der Waals surface area contributed by atoms with Crippen molar-refractivity contribution in [3.05, 3.63) is 53.0 Å². The lowest BCUT2D eigenvalue weighted by Gasteiger charge is -2.10. The van der Waals surface area contributed by atoms with E-state index in [0.717, 1.165) is 5.76 Å². The van der Waals surface area contributed by atoms with Gasteiger partial charge in [-0.3, -0.25) is 0 Å². The van der Waals surface area contributed by atoms with Crippen molar-refractivity contribution < 1.29 is 47.6 Å². The van der Waals surface area contributed by atoms with E-state index in [-0.39, 0.29) is 16.9 Å². The molecule has 10 nitrogen and oxygen atoms in total. The van der Waals surface area contributed by atoms with Gasteiger partial charge in [-0.25, -0.2) is 19.2 Å². The summed E-state index contributed by atoms with van der Waals surface area (Å²) in [5.74, 6) is 1.47. The summed E-state index contributed by atoms with van der Waals surface area (Å²) in [4.78, 5) is 43.4. The lowest BCUT2D eigenvalue weighted by atomic mass is 10.0. The van der Waals surface area contributed by atoms with Crippen molar-refractivity contribution >= 4 is 23.9 Å². The average Bonchev–Trinajstić information content (AvgIpc) is 3.28.